The highest BCUT2D eigenvalue weighted by Crippen LogP contribution is 2.43. The van der Waals surface area contributed by atoms with Crippen LogP contribution < -0.4 is 10.2 Å². The first kappa shape index (κ1) is 20.2. The zero-order valence-electron chi connectivity index (χ0n) is 17.2. The lowest BCUT2D eigenvalue weighted by atomic mass is 9.98. The molecule has 0 radical (unpaired) electrons. The second kappa shape index (κ2) is 7.45. The molecule has 2 aliphatic rings. The molecule has 5 rings (SSSR count). The number of carbonyl (C=O) groups is 3. The van der Waals surface area contributed by atoms with Crippen LogP contribution in [0, 0.1) is 0 Å². The molecule has 162 valence electrons. The molecular weight excluding hydrogens is 432 g/mol. The van der Waals surface area contributed by atoms with Crippen molar-refractivity contribution in [2.75, 3.05) is 16.8 Å². The highest BCUT2D eigenvalue weighted by molar-refractivity contribution is 6.33. The number of nitrogens with zero attached hydrogens (tertiary/aromatic N) is 5. The summed E-state index contributed by atoms with van der Waals surface area (Å²) in [7, 11) is 0. The van der Waals surface area contributed by atoms with Crippen LogP contribution in [0.3, 0.4) is 0 Å². The minimum atomic E-state index is -0.914. The Morgan fingerprint density at radius 3 is 2.78 bits per heavy atom. The van der Waals surface area contributed by atoms with Crippen LogP contribution in [0.15, 0.2) is 55.1 Å². The Morgan fingerprint density at radius 2 is 2.00 bits per heavy atom. The Kier molecular flexibility index (Phi) is 4.70. The van der Waals surface area contributed by atoms with E-state index in [4.69, 9.17) is 11.6 Å². The molecule has 1 aromatic heterocycles. The van der Waals surface area contributed by atoms with Crippen LogP contribution in [0.5, 0.6) is 0 Å². The lowest BCUT2D eigenvalue weighted by Crippen LogP contribution is -2.63. The minimum Gasteiger partial charge on any atom is -0.323 e. The van der Waals surface area contributed by atoms with Crippen molar-refractivity contribution in [2.45, 2.75) is 25.4 Å². The molecule has 1 atom stereocenters. The number of nitrogens with one attached hydrogen (secondary N) is 1. The maximum Gasteiger partial charge on any atom is 0.258 e. The van der Waals surface area contributed by atoms with Gasteiger partial charge in [-0.3, -0.25) is 19.3 Å². The summed E-state index contributed by atoms with van der Waals surface area (Å²) in [5, 5.41) is 7.31. The third-order valence-corrected chi connectivity index (χ3v) is 6.26. The van der Waals surface area contributed by atoms with Crippen molar-refractivity contribution in [1.82, 2.24) is 19.7 Å². The van der Waals surface area contributed by atoms with Crippen LogP contribution in [0.4, 0.5) is 11.4 Å². The molecule has 0 bridgehead atoms. The zero-order valence-corrected chi connectivity index (χ0v) is 17.9. The van der Waals surface area contributed by atoms with Crippen LogP contribution in [-0.4, -0.2) is 49.6 Å². The summed E-state index contributed by atoms with van der Waals surface area (Å²) in [6, 6.07) is 12.1. The van der Waals surface area contributed by atoms with Gasteiger partial charge in [0.05, 0.1) is 22.0 Å². The number of benzene rings is 2. The van der Waals surface area contributed by atoms with Crippen molar-refractivity contribution in [1.29, 1.82) is 0 Å². The highest BCUT2D eigenvalue weighted by Gasteiger charge is 2.53. The summed E-state index contributed by atoms with van der Waals surface area (Å²) in [6.45, 7) is 1.59. The average molecular weight is 451 g/mol. The topological polar surface area (TPSA) is 100 Å². The van der Waals surface area contributed by atoms with Crippen molar-refractivity contribution in [3.8, 4) is 5.69 Å². The molecular formula is C22H19ClN6O3. The Labute approximate surface area is 188 Å². The summed E-state index contributed by atoms with van der Waals surface area (Å²) in [4.78, 5) is 46.1. The van der Waals surface area contributed by atoms with Crippen molar-refractivity contribution in [3.05, 3.63) is 65.7 Å². The number of rotatable bonds is 4. The van der Waals surface area contributed by atoms with Gasteiger partial charge in [0, 0.05) is 6.42 Å². The first-order valence-corrected chi connectivity index (χ1v) is 10.5. The maximum atomic E-state index is 13.3. The lowest BCUT2D eigenvalue weighted by molar-refractivity contribution is -0.120. The first-order chi connectivity index (χ1) is 15.4. The second-order valence-corrected chi connectivity index (χ2v) is 8.29. The molecule has 2 aromatic carbocycles. The number of hydrogen-bond donors (Lipinski definition) is 1. The molecule has 9 nitrogen and oxygen atoms in total. The molecule has 3 amide bonds. The number of fused-ring (bicyclic) bond motifs is 3. The van der Waals surface area contributed by atoms with Gasteiger partial charge in [-0.05, 0) is 37.6 Å². The molecule has 1 saturated heterocycles. The Hall–Kier alpha value is -3.72. The largest absolute Gasteiger partial charge is 0.323 e. The van der Waals surface area contributed by atoms with Crippen LogP contribution in [0.1, 0.15) is 30.1 Å². The molecule has 0 saturated carbocycles. The lowest BCUT2D eigenvalue weighted by Gasteiger charge is -2.48. The first-order valence-electron chi connectivity index (χ1n) is 10.1. The zero-order chi connectivity index (χ0) is 22.5. The van der Waals surface area contributed by atoms with E-state index in [0.717, 1.165) is 0 Å². The van der Waals surface area contributed by atoms with E-state index in [0.29, 0.717) is 40.5 Å². The van der Waals surface area contributed by atoms with E-state index >= 15 is 0 Å². The monoisotopic (exact) mass is 450 g/mol. The van der Waals surface area contributed by atoms with Gasteiger partial charge in [0.15, 0.2) is 0 Å². The van der Waals surface area contributed by atoms with Crippen LogP contribution >= 0.6 is 11.6 Å². The molecule has 3 heterocycles. The van der Waals surface area contributed by atoms with Crippen LogP contribution in [0.25, 0.3) is 5.69 Å². The number of anilines is 2. The van der Waals surface area contributed by atoms with Crippen molar-refractivity contribution < 1.29 is 14.4 Å². The Bertz CT molecular complexity index is 1240. The van der Waals surface area contributed by atoms with Gasteiger partial charge in [-0.25, -0.2) is 9.67 Å². The summed E-state index contributed by atoms with van der Waals surface area (Å²) in [5.74, 6) is -0.769. The van der Waals surface area contributed by atoms with E-state index in [1.165, 1.54) is 22.2 Å². The normalized spacial score (nSPS) is 19.7. The number of para-hydroxylation sites is 2. The van der Waals surface area contributed by atoms with Gasteiger partial charge < -0.3 is 10.2 Å². The van der Waals surface area contributed by atoms with Gasteiger partial charge in [0.1, 0.15) is 30.5 Å². The molecule has 0 spiro atoms. The Balaban J connectivity index is 1.46. The molecule has 1 unspecified atom stereocenters. The average Bonchev–Trinajstić information content (AvgIpc) is 3.40. The fraction of sp³-hybridized carbons (Fsp3) is 0.227. The molecule has 32 heavy (non-hydrogen) atoms. The van der Waals surface area contributed by atoms with Gasteiger partial charge in [0.2, 0.25) is 11.8 Å². The number of hydrogen-bond acceptors (Lipinski definition) is 5. The van der Waals surface area contributed by atoms with E-state index in [1.807, 2.05) is 6.92 Å². The highest BCUT2D eigenvalue weighted by atomic mass is 35.5. The molecule has 1 N–H and O–H groups in total. The molecule has 1 fully saturated rings. The fourth-order valence-corrected chi connectivity index (χ4v) is 4.71. The number of halogens is 1. The van der Waals surface area contributed by atoms with E-state index in [1.54, 1.807) is 47.4 Å². The summed E-state index contributed by atoms with van der Waals surface area (Å²) in [5.41, 5.74) is 0.978. The van der Waals surface area contributed by atoms with Gasteiger partial charge in [-0.1, -0.05) is 29.8 Å². The van der Waals surface area contributed by atoms with Gasteiger partial charge in [0.25, 0.3) is 5.91 Å². The summed E-state index contributed by atoms with van der Waals surface area (Å²) in [6.07, 6.45) is 3.60. The van der Waals surface area contributed by atoms with E-state index in [-0.39, 0.29) is 18.4 Å². The van der Waals surface area contributed by atoms with Gasteiger partial charge >= 0.3 is 0 Å². The van der Waals surface area contributed by atoms with Gasteiger partial charge in [-0.2, -0.15) is 5.10 Å². The van der Waals surface area contributed by atoms with Crippen LogP contribution in [0.2, 0.25) is 5.02 Å². The van der Waals surface area contributed by atoms with Gasteiger partial charge in [-0.15, -0.1) is 0 Å². The number of aromatic nitrogens is 3. The van der Waals surface area contributed by atoms with Crippen LogP contribution in [-0.2, 0) is 9.59 Å². The molecule has 2 aliphatic heterocycles. The van der Waals surface area contributed by atoms with E-state index < -0.39 is 11.6 Å². The summed E-state index contributed by atoms with van der Waals surface area (Å²) >= 11 is 6.34. The third kappa shape index (κ3) is 3.04. The Morgan fingerprint density at radius 1 is 1.19 bits per heavy atom. The summed E-state index contributed by atoms with van der Waals surface area (Å²) < 4.78 is 1.46. The van der Waals surface area contributed by atoms with E-state index in [2.05, 4.69) is 15.4 Å². The maximum absolute atomic E-state index is 13.3. The predicted molar refractivity (Wildman–Crippen MR) is 118 cm³/mol. The minimum absolute atomic E-state index is 0.0684. The smallest absolute Gasteiger partial charge is 0.258 e. The second-order valence-electron chi connectivity index (χ2n) is 7.88. The van der Waals surface area contributed by atoms with Crippen molar-refractivity contribution in [2.24, 2.45) is 0 Å². The van der Waals surface area contributed by atoms with E-state index in [9.17, 15) is 14.4 Å². The van der Waals surface area contributed by atoms with Crippen molar-refractivity contribution >= 4 is 40.7 Å². The number of amides is 3. The standard InChI is InChI=1S/C22H19ClN6O3/c1-22-10-9-19(31)29(22)17-8-3-2-5-14(17)21(32)27(22)11-18(30)26-16-7-4-6-15(23)20(16)28-13-24-12-25-28/h2-8,12-13H,9-11H2,1H3,(H,26,30). The molecule has 3 aromatic rings. The molecule has 0 aliphatic carbocycles. The fourth-order valence-electron chi connectivity index (χ4n) is 4.45. The number of carbonyl (C=O) groups excluding carboxylic acids is 3. The molecule has 10 heteroatoms. The SMILES string of the molecule is CC12CCC(=O)N1c1ccccc1C(=O)N2CC(=O)Nc1cccc(Cl)c1-n1cncn1. The van der Waals surface area contributed by atoms with Crippen molar-refractivity contribution in [3.63, 3.8) is 0 Å². The predicted octanol–water partition coefficient (Wildman–Crippen LogP) is 2.86. The quantitative estimate of drug-likeness (QED) is 0.658. The third-order valence-electron chi connectivity index (χ3n) is 5.96.